The van der Waals surface area contributed by atoms with Gasteiger partial charge in [-0.05, 0) is 63.6 Å². The van der Waals surface area contributed by atoms with E-state index in [1.165, 1.54) is 5.56 Å². The van der Waals surface area contributed by atoms with Gasteiger partial charge in [0, 0.05) is 26.1 Å². The average molecular weight is 372 g/mol. The number of likely N-dealkylation sites (tertiary alicyclic amines) is 2. The van der Waals surface area contributed by atoms with Gasteiger partial charge in [0.05, 0.1) is 6.04 Å². The van der Waals surface area contributed by atoms with Crippen molar-refractivity contribution in [2.24, 2.45) is 11.8 Å². The molecule has 148 valence electrons. The molecule has 5 heteroatoms. The van der Waals surface area contributed by atoms with Gasteiger partial charge in [-0.2, -0.15) is 0 Å². The molecule has 27 heavy (non-hydrogen) atoms. The fraction of sp³-hybridized carbons (Fsp3) is 0.636. The van der Waals surface area contributed by atoms with Gasteiger partial charge >= 0.3 is 0 Å². The summed E-state index contributed by atoms with van der Waals surface area (Å²) >= 11 is 0. The van der Waals surface area contributed by atoms with E-state index in [1.807, 2.05) is 6.92 Å². The van der Waals surface area contributed by atoms with Crippen LogP contribution in [0.3, 0.4) is 0 Å². The van der Waals surface area contributed by atoms with Crippen molar-refractivity contribution in [3.05, 3.63) is 35.9 Å². The van der Waals surface area contributed by atoms with Crippen LogP contribution in [0.25, 0.3) is 0 Å². The number of rotatable bonds is 5. The molecule has 1 aromatic rings. The predicted octanol–water partition coefficient (Wildman–Crippen LogP) is 2.31. The minimum atomic E-state index is -0.0821. The van der Waals surface area contributed by atoms with E-state index in [4.69, 9.17) is 0 Å². The van der Waals surface area contributed by atoms with Crippen LogP contribution in [0.2, 0.25) is 0 Å². The molecule has 5 nitrogen and oxygen atoms in total. The predicted molar refractivity (Wildman–Crippen MR) is 107 cm³/mol. The highest BCUT2D eigenvalue weighted by Gasteiger charge is 2.32. The maximum absolute atomic E-state index is 12.9. The summed E-state index contributed by atoms with van der Waals surface area (Å²) in [5, 5.41) is 2.74. The summed E-state index contributed by atoms with van der Waals surface area (Å²) < 4.78 is 0. The van der Waals surface area contributed by atoms with Crippen molar-refractivity contribution in [2.75, 3.05) is 33.2 Å². The van der Waals surface area contributed by atoms with Gasteiger partial charge in [0.2, 0.25) is 11.8 Å². The molecule has 0 bridgehead atoms. The molecule has 0 spiro atoms. The summed E-state index contributed by atoms with van der Waals surface area (Å²) in [7, 11) is 1.70. The van der Waals surface area contributed by atoms with Crippen LogP contribution in [0.1, 0.15) is 38.2 Å². The second kappa shape index (κ2) is 9.36. The smallest absolute Gasteiger partial charge is 0.239 e. The third-order valence-electron chi connectivity index (χ3n) is 6.35. The van der Waals surface area contributed by atoms with Crippen molar-refractivity contribution in [3.8, 4) is 0 Å². The molecular formula is C22H33N3O2. The quantitative estimate of drug-likeness (QED) is 0.864. The van der Waals surface area contributed by atoms with Crippen LogP contribution in [0.15, 0.2) is 30.3 Å². The number of benzene rings is 1. The van der Waals surface area contributed by atoms with Gasteiger partial charge in [-0.25, -0.2) is 0 Å². The Balaban J connectivity index is 1.44. The Morgan fingerprint density at radius 1 is 1.04 bits per heavy atom. The summed E-state index contributed by atoms with van der Waals surface area (Å²) in [4.78, 5) is 29.0. The largest absolute Gasteiger partial charge is 0.359 e. The summed E-state index contributed by atoms with van der Waals surface area (Å²) in [6.45, 7) is 5.42. The van der Waals surface area contributed by atoms with E-state index in [0.717, 1.165) is 58.3 Å². The normalized spacial score (nSPS) is 21.0. The summed E-state index contributed by atoms with van der Waals surface area (Å²) in [5.74, 6) is 1.16. The lowest BCUT2D eigenvalue weighted by atomic mass is 9.90. The first-order valence-electron chi connectivity index (χ1n) is 10.4. The van der Waals surface area contributed by atoms with E-state index >= 15 is 0 Å². The van der Waals surface area contributed by atoms with Crippen molar-refractivity contribution in [1.29, 1.82) is 0 Å². The van der Waals surface area contributed by atoms with Gasteiger partial charge in [0.25, 0.3) is 0 Å². The zero-order valence-corrected chi connectivity index (χ0v) is 16.7. The highest BCUT2D eigenvalue weighted by atomic mass is 16.2. The van der Waals surface area contributed by atoms with Gasteiger partial charge in [-0.1, -0.05) is 30.3 Å². The monoisotopic (exact) mass is 371 g/mol. The molecule has 1 aromatic carbocycles. The number of amides is 2. The second-order valence-electron chi connectivity index (χ2n) is 8.06. The van der Waals surface area contributed by atoms with E-state index in [0.29, 0.717) is 5.92 Å². The minimum Gasteiger partial charge on any atom is -0.359 e. The van der Waals surface area contributed by atoms with Crippen molar-refractivity contribution < 1.29 is 9.59 Å². The molecule has 2 fully saturated rings. The molecule has 3 rings (SSSR count). The highest BCUT2D eigenvalue weighted by Crippen LogP contribution is 2.24. The maximum Gasteiger partial charge on any atom is 0.239 e. The molecular weight excluding hydrogens is 338 g/mol. The molecule has 2 aliphatic heterocycles. The third-order valence-corrected chi connectivity index (χ3v) is 6.35. The highest BCUT2D eigenvalue weighted by molar-refractivity contribution is 5.82. The lowest BCUT2D eigenvalue weighted by molar-refractivity contribution is -0.138. The zero-order valence-electron chi connectivity index (χ0n) is 16.7. The van der Waals surface area contributed by atoms with Crippen molar-refractivity contribution >= 4 is 11.8 Å². The fourth-order valence-corrected chi connectivity index (χ4v) is 4.48. The first-order chi connectivity index (χ1) is 13.1. The number of piperidine rings is 2. The number of hydrogen-bond donors (Lipinski definition) is 1. The Bertz CT molecular complexity index is 618. The summed E-state index contributed by atoms with van der Waals surface area (Å²) in [5.41, 5.74) is 1.40. The molecule has 2 amide bonds. The third kappa shape index (κ3) is 5.10. The van der Waals surface area contributed by atoms with Crippen molar-refractivity contribution in [1.82, 2.24) is 15.1 Å². The topological polar surface area (TPSA) is 52.7 Å². The molecule has 2 aliphatic rings. The Labute approximate surface area is 163 Å². The molecule has 0 aromatic heterocycles. The zero-order chi connectivity index (χ0) is 19.2. The molecule has 0 saturated carbocycles. The van der Waals surface area contributed by atoms with Gasteiger partial charge in [-0.15, -0.1) is 0 Å². The SMILES string of the molecule is CNC(=O)C1CCN(C(C)C(=O)N2CCC(Cc3ccccc3)CC2)CC1. The van der Waals surface area contributed by atoms with Gasteiger partial charge in [0.15, 0.2) is 0 Å². The van der Waals surface area contributed by atoms with E-state index in [1.54, 1.807) is 7.05 Å². The average Bonchev–Trinajstić information content (AvgIpc) is 2.73. The van der Waals surface area contributed by atoms with Gasteiger partial charge < -0.3 is 10.2 Å². The van der Waals surface area contributed by atoms with Crippen molar-refractivity contribution in [2.45, 2.75) is 45.1 Å². The molecule has 1 unspecified atom stereocenters. The van der Waals surface area contributed by atoms with E-state index in [2.05, 4.69) is 45.4 Å². The maximum atomic E-state index is 12.9. The molecule has 0 radical (unpaired) electrons. The van der Waals surface area contributed by atoms with Crippen LogP contribution in [0.5, 0.6) is 0 Å². The number of nitrogens with zero attached hydrogens (tertiary/aromatic N) is 2. The van der Waals surface area contributed by atoms with E-state index in [-0.39, 0.29) is 23.8 Å². The fourth-order valence-electron chi connectivity index (χ4n) is 4.48. The Morgan fingerprint density at radius 3 is 2.26 bits per heavy atom. The first-order valence-corrected chi connectivity index (χ1v) is 10.4. The summed E-state index contributed by atoms with van der Waals surface area (Å²) in [6.07, 6.45) is 4.98. The van der Waals surface area contributed by atoms with Crippen LogP contribution >= 0.6 is 0 Å². The van der Waals surface area contributed by atoms with Crippen LogP contribution < -0.4 is 5.32 Å². The minimum absolute atomic E-state index is 0.0821. The number of nitrogens with one attached hydrogen (secondary N) is 1. The Morgan fingerprint density at radius 2 is 1.67 bits per heavy atom. The van der Waals surface area contributed by atoms with Crippen LogP contribution in [-0.4, -0.2) is 60.9 Å². The van der Waals surface area contributed by atoms with E-state index < -0.39 is 0 Å². The second-order valence-corrected chi connectivity index (χ2v) is 8.06. The van der Waals surface area contributed by atoms with Crippen LogP contribution in [-0.2, 0) is 16.0 Å². The van der Waals surface area contributed by atoms with Crippen molar-refractivity contribution in [3.63, 3.8) is 0 Å². The van der Waals surface area contributed by atoms with Gasteiger partial charge in [0.1, 0.15) is 0 Å². The van der Waals surface area contributed by atoms with E-state index in [9.17, 15) is 9.59 Å². The number of carbonyl (C=O) groups excluding carboxylic acids is 2. The Hall–Kier alpha value is -1.88. The number of hydrogen-bond acceptors (Lipinski definition) is 3. The molecule has 2 saturated heterocycles. The lowest BCUT2D eigenvalue weighted by Crippen LogP contribution is -2.52. The lowest BCUT2D eigenvalue weighted by Gasteiger charge is -2.39. The Kier molecular flexibility index (Phi) is 6.89. The van der Waals surface area contributed by atoms with Crippen LogP contribution in [0.4, 0.5) is 0 Å². The molecule has 2 heterocycles. The molecule has 1 atom stereocenters. The standard InChI is InChI=1S/C22H33N3O2/c1-17(24-14-10-20(11-15-24)21(26)23-2)22(27)25-12-8-19(9-13-25)16-18-6-4-3-5-7-18/h3-7,17,19-20H,8-16H2,1-2H3,(H,23,26). The molecule has 0 aliphatic carbocycles. The summed E-state index contributed by atoms with van der Waals surface area (Å²) in [6, 6.07) is 10.6. The molecule has 1 N–H and O–H groups in total. The first kappa shape index (κ1) is 19.9. The van der Waals surface area contributed by atoms with Crippen LogP contribution in [0, 0.1) is 11.8 Å². The van der Waals surface area contributed by atoms with Gasteiger partial charge in [-0.3, -0.25) is 14.5 Å². The number of carbonyl (C=O) groups is 2.